The van der Waals surface area contributed by atoms with Crippen LogP contribution < -0.4 is 5.32 Å². The van der Waals surface area contributed by atoms with E-state index in [4.69, 9.17) is 4.74 Å². The van der Waals surface area contributed by atoms with E-state index in [9.17, 15) is 9.59 Å². The molecule has 2 amide bonds. The number of halogens is 1. The van der Waals surface area contributed by atoms with Crippen molar-refractivity contribution in [2.24, 2.45) is 0 Å². The summed E-state index contributed by atoms with van der Waals surface area (Å²) in [6, 6.07) is 3.91. The van der Waals surface area contributed by atoms with Gasteiger partial charge < -0.3 is 15.0 Å². The van der Waals surface area contributed by atoms with E-state index in [2.05, 4.69) is 21.2 Å². The minimum Gasteiger partial charge on any atom is -0.444 e. The zero-order valence-corrected chi connectivity index (χ0v) is 15.9. The Kier molecular flexibility index (Phi) is 4.44. The van der Waals surface area contributed by atoms with Gasteiger partial charge in [-0.2, -0.15) is 0 Å². The first-order valence-corrected chi connectivity index (χ1v) is 9.43. The van der Waals surface area contributed by atoms with Crippen LogP contribution in [0, 0.1) is 0 Å². The third kappa shape index (κ3) is 3.55. The first kappa shape index (κ1) is 16.8. The van der Waals surface area contributed by atoms with Crippen molar-refractivity contribution in [1.29, 1.82) is 0 Å². The second kappa shape index (κ2) is 6.09. The molecule has 1 N–H and O–H groups in total. The largest absolute Gasteiger partial charge is 0.444 e. The van der Waals surface area contributed by atoms with Gasteiger partial charge in [0, 0.05) is 6.04 Å². The average molecular weight is 401 g/mol. The van der Waals surface area contributed by atoms with E-state index >= 15 is 0 Å². The third-order valence-corrected chi connectivity index (χ3v) is 5.88. The van der Waals surface area contributed by atoms with Gasteiger partial charge in [0.1, 0.15) is 5.60 Å². The Hall–Kier alpha value is -1.08. The van der Waals surface area contributed by atoms with Crippen molar-refractivity contribution in [1.82, 2.24) is 10.2 Å². The second-order valence-corrected chi connectivity index (χ2v) is 9.57. The maximum Gasteiger partial charge on any atom is 0.410 e. The lowest BCUT2D eigenvalue weighted by atomic mass is 9.95. The number of carbonyl (C=O) groups excluding carboxylic acids is 2. The highest BCUT2D eigenvalue weighted by atomic mass is 79.9. The number of rotatable bonds is 2. The summed E-state index contributed by atoms with van der Waals surface area (Å²) in [7, 11) is 0. The molecular formula is C16H21BrN2O3S. The molecule has 0 saturated carbocycles. The molecule has 3 heterocycles. The Morgan fingerprint density at radius 2 is 2.09 bits per heavy atom. The molecule has 126 valence electrons. The highest BCUT2D eigenvalue weighted by molar-refractivity contribution is 9.11. The summed E-state index contributed by atoms with van der Waals surface area (Å²) in [6.07, 6.45) is 2.45. The molecule has 0 aliphatic carbocycles. The number of ether oxygens (including phenoxy) is 1. The van der Waals surface area contributed by atoms with Crippen molar-refractivity contribution in [2.75, 3.05) is 0 Å². The molecule has 1 aromatic heterocycles. The smallest absolute Gasteiger partial charge is 0.410 e. The van der Waals surface area contributed by atoms with Gasteiger partial charge in [-0.1, -0.05) is 0 Å². The highest BCUT2D eigenvalue weighted by Gasteiger charge is 2.50. The standard InChI is InChI=1S/C16H21BrN2O3S/c1-16(2,3)22-15(21)19-9-4-5-11(19)10(8-9)18-14(20)12-6-7-13(17)23-12/h6-7,9-11H,4-5,8H2,1-3H3,(H,18,20). The van der Waals surface area contributed by atoms with Crippen molar-refractivity contribution >= 4 is 39.3 Å². The van der Waals surface area contributed by atoms with Gasteiger partial charge in [0.15, 0.2) is 0 Å². The molecule has 3 atom stereocenters. The van der Waals surface area contributed by atoms with E-state index in [1.165, 1.54) is 11.3 Å². The molecule has 0 aromatic carbocycles. The van der Waals surface area contributed by atoms with Crippen molar-refractivity contribution in [2.45, 2.75) is 63.8 Å². The van der Waals surface area contributed by atoms with E-state index in [-0.39, 0.29) is 30.1 Å². The van der Waals surface area contributed by atoms with Crippen LogP contribution in [0.25, 0.3) is 0 Å². The maximum atomic E-state index is 12.4. The minimum absolute atomic E-state index is 0.00893. The van der Waals surface area contributed by atoms with Crippen LogP contribution in [-0.2, 0) is 4.74 Å². The Morgan fingerprint density at radius 3 is 2.70 bits per heavy atom. The van der Waals surface area contributed by atoms with Crippen molar-refractivity contribution < 1.29 is 14.3 Å². The minimum atomic E-state index is -0.499. The molecule has 23 heavy (non-hydrogen) atoms. The molecule has 3 rings (SSSR count). The second-order valence-electron chi connectivity index (χ2n) is 7.11. The molecule has 7 heteroatoms. The molecule has 2 aliphatic rings. The lowest BCUT2D eigenvalue weighted by Crippen LogP contribution is -2.46. The number of thiophene rings is 1. The quantitative estimate of drug-likeness (QED) is 0.821. The molecule has 2 saturated heterocycles. The van der Waals surface area contributed by atoms with Crippen LogP contribution in [0.15, 0.2) is 15.9 Å². The topological polar surface area (TPSA) is 58.6 Å². The predicted molar refractivity (Wildman–Crippen MR) is 92.8 cm³/mol. The first-order valence-electron chi connectivity index (χ1n) is 7.82. The highest BCUT2D eigenvalue weighted by Crippen LogP contribution is 2.39. The fourth-order valence-corrected chi connectivity index (χ4v) is 4.71. The maximum absolute atomic E-state index is 12.4. The normalized spacial score (nSPS) is 26.4. The average Bonchev–Trinajstić information content (AvgIpc) is 3.10. The van der Waals surface area contributed by atoms with Crippen LogP contribution in [0.2, 0.25) is 0 Å². The summed E-state index contributed by atoms with van der Waals surface area (Å²) in [5.74, 6) is -0.0672. The Labute approximate surface area is 148 Å². The van der Waals surface area contributed by atoms with Crippen LogP contribution in [0.1, 0.15) is 49.7 Å². The van der Waals surface area contributed by atoms with Crippen LogP contribution in [0.4, 0.5) is 4.79 Å². The zero-order valence-electron chi connectivity index (χ0n) is 13.5. The molecule has 3 unspecified atom stereocenters. The van der Waals surface area contributed by atoms with E-state index in [1.54, 1.807) is 0 Å². The third-order valence-electron chi connectivity index (χ3n) is 4.25. The molecule has 1 aromatic rings. The summed E-state index contributed by atoms with van der Waals surface area (Å²) in [5.41, 5.74) is -0.499. The van der Waals surface area contributed by atoms with Gasteiger partial charge in [0.2, 0.25) is 0 Å². The molecule has 0 radical (unpaired) electrons. The van der Waals surface area contributed by atoms with Crippen molar-refractivity contribution in [3.05, 3.63) is 20.8 Å². The number of fused-ring (bicyclic) bond motifs is 2. The monoisotopic (exact) mass is 400 g/mol. The van der Waals surface area contributed by atoms with Gasteiger partial charge in [-0.05, 0) is 68.1 Å². The Bertz CT molecular complexity index is 625. The number of carbonyl (C=O) groups is 2. The van der Waals surface area contributed by atoms with Gasteiger partial charge in [-0.25, -0.2) is 4.79 Å². The van der Waals surface area contributed by atoms with Crippen molar-refractivity contribution in [3.8, 4) is 0 Å². The van der Waals surface area contributed by atoms with Crippen LogP contribution in [0.5, 0.6) is 0 Å². The van der Waals surface area contributed by atoms with E-state index in [0.29, 0.717) is 4.88 Å². The van der Waals surface area contributed by atoms with Gasteiger partial charge >= 0.3 is 6.09 Å². The number of nitrogens with zero attached hydrogens (tertiary/aromatic N) is 1. The molecular weight excluding hydrogens is 380 g/mol. The SMILES string of the molecule is CC(C)(C)OC(=O)N1C2CCC1C(NC(=O)c1ccc(Br)s1)C2. The van der Waals surface area contributed by atoms with Gasteiger partial charge in [-0.15, -0.1) is 11.3 Å². The van der Waals surface area contributed by atoms with E-state index in [0.717, 1.165) is 23.0 Å². The number of hydrogen-bond acceptors (Lipinski definition) is 4. The number of amides is 2. The summed E-state index contributed by atoms with van der Waals surface area (Å²) in [6.45, 7) is 5.62. The first-order chi connectivity index (χ1) is 10.7. The van der Waals surface area contributed by atoms with Crippen LogP contribution >= 0.6 is 27.3 Å². The van der Waals surface area contributed by atoms with E-state index < -0.39 is 5.60 Å². The van der Waals surface area contributed by atoms with Crippen LogP contribution in [-0.4, -0.2) is 40.6 Å². The molecule has 5 nitrogen and oxygen atoms in total. The summed E-state index contributed by atoms with van der Waals surface area (Å²) < 4.78 is 6.45. The molecule has 2 fully saturated rings. The number of hydrogen-bond donors (Lipinski definition) is 1. The fourth-order valence-electron chi connectivity index (χ4n) is 3.42. The molecule has 2 bridgehead atoms. The molecule has 0 spiro atoms. The van der Waals surface area contributed by atoms with Gasteiger partial charge in [0.25, 0.3) is 5.91 Å². The summed E-state index contributed by atoms with van der Waals surface area (Å²) in [4.78, 5) is 27.3. The molecule has 2 aliphatic heterocycles. The van der Waals surface area contributed by atoms with E-state index in [1.807, 2.05) is 37.8 Å². The predicted octanol–water partition coefficient (Wildman–Crippen LogP) is 3.78. The number of nitrogens with one attached hydrogen (secondary N) is 1. The lowest BCUT2D eigenvalue weighted by molar-refractivity contribution is 0.0209. The van der Waals surface area contributed by atoms with Crippen LogP contribution in [0.3, 0.4) is 0 Å². The van der Waals surface area contributed by atoms with Crippen molar-refractivity contribution in [3.63, 3.8) is 0 Å². The summed E-state index contributed by atoms with van der Waals surface area (Å²) >= 11 is 4.78. The van der Waals surface area contributed by atoms with Gasteiger partial charge in [-0.3, -0.25) is 4.79 Å². The lowest BCUT2D eigenvalue weighted by Gasteiger charge is -2.28. The zero-order chi connectivity index (χ0) is 16.8. The van der Waals surface area contributed by atoms with Gasteiger partial charge in [0.05, 0.1) is 20.7 Å². The Balaban J connectivity index is 1.65. The summed E-state index contributed by atoms with van der Waals surface area (Å²) in [5, 5.41) is 3.09. The Morgan fingerprint density at radius 1 is 1.35 bits per heavy atom. The fraction of sp³-hybridized carbons (Fsp3) is 0.625.